The molecular weight excluding hydrogens is 335 g/mol. The third-order valence-electron chi connectivity index (χ3n) is 3.67. The number of aromatic nitrogens is 1. The Morgan fingerprint density at radius 2 is 1.91 bits per heavy atom. The number of hydrogen-bond donors (Lipinski definition) is 2. The molecule has 0 fully saturated rings. The molecule has 3 rings (SSSR count). The van der Waals surface area contributed by atoms with Crippen molar-refractivity contribution in [3.8, 4) is 5.75 Å². The highest BCUT2D eigenvalue weighted by molar-refractivity contribution is 6.42. The van der Waals surface area contributed by atoms with Crippen molar-refractivity contribution in [3.05, 3.63) is 57.7 Å². The van der Waals surface area contributed by atoms with Gasteiger partial charge < -0.3 is 15.0 Å². The van der Waals surface area contributed by atoms with Gasteiger partial charge in [0.25, 0.3) is 5.91 Å². The van der Waals surface area contributed by atoms with Crippen molar-refractivity contribution in [2.24, 2.45) is 0 Å². The third-order valence-corrected chi connectivity index (χ3v) is 4.41. The van der Waals surface area contributed by atoms with Crippen molar-refractivity contribution in [2.75, 3.05) is 12.4 Å². The number of rotatable bonds is 3. The Kier molecular flexibility index (Phi) is 4.20. The molecule has 1 heterocycles. The monoisotopic (exact) mass is 348 g/mol. The largest absolute Gasteiger partial charge is 0.497 e. The number of fused-ring (bicyclic) bond motifs is 1. The van der Waals surface area contributed by atoms with Crippen molar-refractivity contribution in [2.45, 2.75) is 6.92 Å². The molecule has 1 amide bonds. The smallest absolute Gasteiger partial charge is 0.272 e. The number of H-pyrrole nitrogens is 1. The number of hydrogen-bond acceptors (Lipinski definition) is 2. The van der Waals surface area contributed by atoms with E-state index in [-0.39, 0.29) is 5.91 Å². The first kappa shape index (κ1) is 15.7. The summed E-state index contributed by atoms with van der Waals surface area (Å²) < 4.78 is 5.20. The average molecular weight is 349 g/mol. The van der Waals surface area contributed by atoms with E-state index in [4.69, 9.17) is 27.9 Å². The molecule has 0 saturated heterocycles. The molecular formula is C17H14Cl2N2O2. The molecule has 0 aliphatic heterocycles. The van der Waals surface area contributed by atoms with Gasteiger partial charge in [-0.15, -0.1) is 0 Å². The van der Waals surface area contributed by atoms with Crippen LogP contribution in [-0.4, -0.2) is 18.0 Å². The highest BCUT2D eigenvalue weighted by atomic mass is 35.5. The molecule has 0 bridgehead atoms. The number of carbonyl (C=O) groups is 1. The molecule has 0 atom stereocenters. The van der Waals surface area contributed by atoms with Gasteiger partial charge in [-0.05, 0) is 42.8 Å². The van der Waals surface area contributed by atoms with Gasteiger partial charge in [0.2, 0.25) is 0 Å². The van der Waals surface area contributed by atoms with Crippen molar-refractivity contribution < 1.29 is 9.53 Å². The normalized spacial score (nSPS) is 10.8. The summed E-state index contributed by atoms with van der Waals surface area (Å²) in [6.45, 7) is 1.90. The molecule has 4 nitrogen and oxygen atoms in total. The second kappa shape index (κ2) is 6.14. The van der Waals surface area contributed by atoms with Gasteiger partial charge in [-0.2, -0.15) is 0 Å². The maximum Gasteiger partial charge on any atom is 0.272 e. The first-order valence-electron chi connectivity index (χ1n) is 6.92. The van der Waals surface area contributed by atoms with Crippen LogP contribution in [-0.2, 0) is 0 Å². The second-order valence-corrected chi connectivity index (χ2v) is 5.93. The standard InChI is InChI=1S/C17H14Cl2N2O2/c1-9-12-5-4-11(23-2)8-15(12)21-16(9)17(22)20-10-3-6-13(18)14(19)7-10/h3-8,21H,1-2H3,(H,20,22). The molecule has 0 spiro atoms. The van der Waals surface area contributed by atoms with Crippen LogP contribution in [0, 0.1) is 6.92 Å². The van der Waals surface area contributed by atoms with Gasteiger partial charge in [-0.25, -0.2) is 0 Å². The summed E-state index contributed by atoms with van der Waals surface area (Å²) >= 11 is 11.8. The zero-order valence-electron chi connectivity index (χ0n) is 12.5. The Morgan fingerprint density at radius 1 is 1.13 bits per heavy atom. The molecule has 2 aromatic carbocycles. The summed E-state index contributed by atoms with van der Waals surface area (Å²) in [5.74, 6) is 0.492. The number of anilines is 1. The van der Waals surface area contributed by atoms with Gasteiger partial charge in [-0.3, -0.25) is 4.79 Å². The van der Waals surface area contributed by atoms with Gasteiger partial charge >= 0.3 is 0 Å². The first-order chi connectivity index (χ1) is 11.0. The van der Waals surface area contributed by atoms with Crippen molar-refractivity contribution in [1.82, 2.24) is 4.98 Å². The van der Waals surface area contributed by atoms with Crippen LogP contribution in [0.3, 0.4) is 0 Å². The van der Waals surface area contributed by atoms with Crippen LogP contribution >= 0.6 is 23.2 Å². The van der Waals surface area contributed by atoms with Crippen LogP contribution in [0.2, 0.25) is 10.0 Å². The molecule has 1 aromatic heterocycles. The number of aromatic amines is 1. The minimum atomic E-state index is -0.240. The van der Waals surface area contributed by atoms with Gasteiger partial charge in [0.05, 0.1) is 17.2 Å². The van der Waals surface area contributed by atoms with E-state index in [2.05, 4.69) is 10.3 Å². The summed E-state index contributed by atoms with van der Waals surface area (Å²) in [5.41, 5.74) is 2.81. The van der Waals surface area contributed by atoms with Crippen LogP contribution in [0.1, 0.15) is 16.1 Å². The fourth-order valence-corrected chi connectivity index (χ4v) is 2.74. The lowest BCUT2D eigenvalue weighted by Crippen LogP contribution is -2.13. The third kappa shape index (κ3) is 3.00. The number of halogens is 2. The topological polar surface area (TPSA) is 54.1 Å². The van der Waals surface area contributed by atoms with Crippen LogP contribution in [0.25, 0.3) is 10.9 Å². The Labute approximate surface area is 143 Å². The predicted octanol–water partition coefficient (Wildman–Crippen LogP) is 5.04. The van der Waals surface area contributed by atoms with Crippen LogP contribution < -0.4 is 10.1 Å². The summed E-state index contributed by atoms with van der Waals surface area (Å²) in [6, 6.07) is 10.6. The van der Waals surface area contributed by atoms with Crippen LogP contribution in [0.5, 0.6) is 5.75 Å². The molecule has 118 valence electrons. The average Bonchev–Trinajstić information content (AvgIpc) is 2.87. The van der Waals surface area contributed by atoms with E-state index in [0.717, 1.165) is 22.2 Å². The van der Waals surface area contributed by atoms with Crippen molar-refractivity contribution in [3.63, 3.8) is 0 Å². The molecule has 6 heteroatoms. The zero-order valence-corrected chi connectivity index (χ0v) is 14.0. The second-order valence-electron chi connectivity index (χ2n) is 5.12. The fraction of sp³-hybridized carbons (Fsp3) is 0.118. The van der Waals surface area contributed by atoms with Gasteiger partial charge in [-0.1, -0.05) is 23.2 Å². The van der Waals surface area contributed by atoms with Crippen molar-refractivity contribution >= 4 is 45.7 Å². The van der Waals surface area contributed by atoms with E-state index in [0.29, 0.717) is 21.4 Å². The lowest BCUT2D eigenvalue weighted by atomic mass is 10.1. The number of aryl methyl sites for hydroxylation is 1. The van der Waals surface area contributed by atoms with E-state index >= 15 is 0 Å². The highest BCUT2D eigenvalue weighted by Crippen LogP contribution is 2.28. The highest BCUT2D eigenvalue weighted by Gasteiger charge is 2.15. The Hall–Kier alpha value is -2.17. The summed E-state index contributed by atoms with van der Waals surface area (Å²) in [5, 5.41) is 4.62. The Bertz CT molecular complexity index is 903. The van der Waals surface area contributed by atoms with E-state index in [9.17, 15) is 4.79 Å². The van der Waals surface area contributed by atoms with E-state index in [1.807, 2.05) is 25.1 Å². The molecule has 23 heavy (non-hydrogen) atoms. The molecule has 0 radical (unpaired) electrons. The maximum atomic E-state index is 12.5. The van der Waals surface area contributed by atoms with Gasteiger partial charge in [0.15, 0.2) is 0 Å². The number of ether oxygens (including phenoxy) is 1. The van der Waals surface area contributed by atoms with Gasteiger partial charge in [0.1, 0.15) is 11.4 Å². The summed E-state index contributed by atoms with van der Waals surface area (Å²) in [7, 11) is 1.61. The number of carbonyl (C=O) groups excluding carboxylic acids is 1. The molecule has 0 unspecified atom stereocenters. The number of methoxy groups -OCH3 is 1. The van der Waals surface area contributed by atoms with E-state index in [1.54, 1.807) is 25.3 Å². The first-order valence-corrected chi connectivity index (χ1v) is 7.68. The fourth-order valence-electron chi connectivity index (χ4n) is 2.44. The van der Waals surface area contributed by atoms with Gasteiger partial charge in [0, 0.05) is 22.7 Å². The molecule has 0 saturated carbocycles. The SMILES string of the molecule is COc1ccc2c(C)c(C(=O)Nc3ccc(Cl)c(Cl)c3)[nH]c2c1. The minimum Gasteiger partial charge on any atom is -0.497 e. The minimum absolute atomic E-state index is 0.240. The quantitative estimate of drug-likeness (QED) is 0.696. The van der Waals surface area contributed by atoms with Crippen LogP contribution in [0.4, 0.5) is 5.69 Å². The lowest BCUT2D eigenvalue weighted by molar-refractivity contribution is 0.102. The molecule has 2 N–H and O–H groups in total. The number of amides is 1. The number of nitrogens with one attached hydrogen (secondary N) is 2. The van der Waals surface area contributed by atoms with E-state index < -0.39 is 0 Å². The molecule has 0 aliphatic rings. The van der Waals surface area contributed by atoms with Crippen LogP contribution in [0.15, 0.2) is 36.4 Å². The summed E-state index contributed by atoms with van der Waals surface area (Å²) in [6.07, 6.45) is 0. The van der Waals surface area contributed by atoms with E-state index in [1.165, 1.54) is 0 Å². The van der Waals surface area contributed by atoms with Crippen molar-refractivity contribution in [1.29, 1.82) is 0 Å². The molecule has 0 aliphatic carbocycles. The number of benzene rings is 2. The Morgan fingerprint density at radius 3 is 2.61 bits per heavy atom. The maximum absolute atomic E-state index is 12.5. The molecule has 3 aromatic rings. The predicted molar refractivity (Wildman–Crippen MR) is 94.0 cm³/mol. The zero-order chi connectivity index (χ0) is 16.6. The lowest BCUT2D eigenvalue weighted by Gasteiger charge is -2.06. The summed E-state index contributed by atoms with van der Waals surface area (Å²) in [4.78, 5) is 15.6. The Balaban J connectivity index is 1.94.